The van der Waals surface area contributed by atoms with Crippen LogP contribution in [0.1, 0.15) is 47.4 Å². The van der Waals surface area contributed by atoms with E-state index in [4.69, 9.17) is 10.5 Å². The molecule has 5 nitrogen and oxygen atoms in total. The topological polar surface area (TPSA) is 68.5 Å². The number of carbonyl (C=O) groups excluding carboxylic acids is 1. The standard InChI is InChI=1S/C25H24F3N3O2/c1-16(31-13-2-3-14-31)20-15-18(25(26,27)28)9-12-23(20)33-19-10-7-17(8-11-19)21-5-4-6-22(30-21)24(29)32/h4-12,15-16H,2-3,13-14H2,1H3,(H2,29,32). The normalized spacial score (nSPS) is 15.4. The van der Waals surface area contributed by atoms with E-state index < -0.39 is 17.6 Å². The Bertz CT molecular complexity index is 1140. The van der Waals surface area contributed by atoms with Gasteiger partial charge in [-0.25, -0.2) is 4.98 Å². The van der Waals surface area contributed by atoms with Crippen molar-refractivity contribution in [2.45, 2.75) is 32.0 Å². The number of rotatable bonds is 6. The van der Waals surface area contributed by atoms with Crippen LogP contribution in [0, 0.1) is 0 Å². The molecule has 2 N–H and O–H groups in total. The van der Waals surface area contributed by atoms with Crippen molar-refractivity contribution >= 4 is 5.91 Å². The first-order chi connectivity index (χ1) is 15.7. The highest BCUT2D eigenvalue weighted by atomic mass is 19.4. The van der Waals surface area contributed by atoms with Crippen molar-refractivity contribution in [1.29, 1.82) is 0 Å². The van der Waals surface area contributed by atoms with E-state index in [1.54, 1.807) is 36.4 Å². The number of carbonyl (C=O) groups is 1. The predicted molar refractivity (Wildman–Crippen MR) is 119 cm³/mol. The first-order valence-corrected chi connectivity index (χ1v) is 10.7. The number of hydrogen-bond acceptors (Lipinski definition) is 4. The molecule has 2 aromatic carbocycles. The van der Waals surface area contributed by atoms with E-state index in [0.29, 0.717) is 22.8 Å². The molecule has 0 spiro atoms. The van der Waals surface area contributed by atoms with Gasteiger partial charge in [-0.3, -0.25) is 9.69 Å². The van der Waals surface area contributed by atoms with Gasteiger partial charge in [0.1, 0.15) is 17.2 Å². The maximum Gasteiger partial charge on any atom is 0.416 e. The fourth-order valence-corrected chi connectivity index (χ4v) is 4.02. The number of halogens is 3. The maximum atomic E-state index is 13.4. The molecule has 0 radical (unpaired) electrons. The quantitative estimate of drug-likeness (QED) is 0.509. The zero-order valence-corrected chi connectivity index (χ0v) is 18.1. The highest BCUT2D eigenvalue weighted by Gasteiger charge is 2.33. The van der Waals surface area contributed by atoms with Crippen LogP contribution in [0.2, 0.25) is 0 Å². The summed E-state index contributed by atoms with van der Waals surface area (Å²) in [5.41, 5.74) is 6.61. The van der Waals surface area contributed by atoms with Crippen molar-refractivity contribution in [3.8, 4) is 22.8 Å². The van der Waals surface area contributed by atoms with Crippen molar-refractivity contribution in [2.75, 3.05) is 13.1 Å². The third kappa shape index (κ3) is 5.17. The van der Waals surface area contributed by atoms with Gasteiger partial charge in [0, 0.05) is 17.2 Å². The second-order valence-electron chi connectivity index (χ2n) is 8.07. The minimum Gasteiger partial charge on any atom is -0.457 e. The SMILES string of the molecule is CC(c1cc(C(F)(F)F)ccc1Oc1ccc(-c2cccc(C(N)=O)n2)cc1)N1CCCC1. The monoisotopic (exact) mass is 455 g/mol. The molecule has 1 aliphatic heterocycles. The summed E-state index contributed by atoms with van der Waals surface area (Å²) in [6, 6.07) is 15.4. The van der Waals surface area contributed by atoms with Crippen molar-refractivity contribution < 1.29 is 22.7 Å². The lowest BCUT2D eigenvalue weighted by Crippen LogP contribution is -2.24. The Balaban J connectivity index is 1.61. The average molecular weight is 455 g/mol. The second kappa shape index (κ2) is 9.23. The number of nitrogens with two attached hydrogens (primary N) is 1. The number of benzene rings is 2. The highest BCUT2D eigenvalue weighted by molar-refractivity contribution is 5.91. The Hall–Kier alpha value is -3.39. The van der Waals surface area contributed by atoms with Crippen molar-refractivity contribution in [3.05, 3.63) is 77.5 Å². The largest absolute Gasteiger partial charge is 0.457 e. The van der Waals surface area contributed by atoms with Crippen LogP contribution in [-0.4, -0.2) is 28.9 Å². The predicted octanol–water partition coefficient (Wildman–Crippen LogP) is 5.82. The Morgan fingerprint density at radius 2 is 1.76 bits per heavy atom. The molecule has 1 aliphatic rings. The summed E-state index contributed by atoms with van der Waals surface area (Å²) in [6.07, 6.45) is -2.36. The van der Waals surface area contributed by atoms with Crippen LogP contribution in [-0.2, 0) is 6.18 Å². The number of aromatic nitrogens is 1. The van der Waals surface area contributed by atoms with Gasteiger partial charge in [-0.1, -0.05) is 6.07 Å². The number of amides is 1. The first-order valence-electron chi connectivity index (χ1n) is 10.7. The number of hydrogen-bond donors (Lipinski definition) is 1. The number of alkyl halides is 3. The molecule has 33 heavy (non-hydrogen) atoms. The van der Waals surface area contributed by atoms with Gasteiger partial charge < -0.3 is 10.5 Å². The number of likely N-dealkylation sites (tertiary alicyclic amines) is 1. The number of pyridine rings is 1. The van der Waals surface area contributed by atoms with E-state index in [1.165, 1.54) is 18.2 Å². The number of ether oxygens (including phenoxy) is 1. The number of nitrogens with zero attached hydrogens (tertiary/aromatic N) is 2. The molecular formula is C25H24F3N3O2. The van der Waals surface area contributed by atoms with Gasteiger partial charge in [-0.15, -0.1) is 0 Å². The van der Waals surface area contributed by atoms with E-state index in [0.717, 1.165) is 37.6 Å². The van der Waals surface area contributed by atoms with Gasteiger partial charge in [0.25, 0.3) is 5.91 Å². The van der Waals surface area contributed by atoms with Crippen LogP contribution >= 0.6 is 0 Å². The Labute approximate surface area is 190 Å². The molecule has 8 heteroatoms. The van der Waals surface area contributed by atoms with E-state index >= 15 is 0 Å². The zero-order chi connectivity index (χ0) is 23.6. The van der Waals surface area contributed by atoms with Gasteiger partial charge in [-0.2, -0.15) is 13.2 Å². The van der Waals surface area contributed by atoms with Crippen LogP contribution in [0.15, 0.2) is 60.7 Å². The van der Waals surface area contributed by atoms with Gasteiger partial charge in [0.15, 0.2) is 0 Å². The molecule has 1 amide bonds. The van der Waals surface area contributed by atoms with Gasteiger partial charge >= 0.3 is 6.18 Å². The molecular weight excluding hydrogens is 431 g/mol. The molecule has 1 atom stereocenters. The lowest BCUT2D eigenvalue weighted by molar-refractivity contribution is -0.137. The summed E-state index contributed by atoms with van der Waals surface area (Å²) in [5, 5.41) is 0. The zero-order valence-electron chi connectivity index (χ0n) is 18.1. The van der Waals surface area contributed by atoms with Gasteiger partial charge in [-0.05, 0) is 87.5 Å². The molecule has 172 valence electrons. The smallest absolute Gasteiger partial charge is 0.416 e. The summed E-state index contributed by atoms with van der Waals surface area (Å²) >= 11 is 0. The molecule has 1 fully saturated rings. The molecule has 2 heterocycles. The minimum atomic E-state index is -4.42. The maximum absolute atomic E-state index is 13.4. The Morgan fingerprint density at radius 3 is 2.39 bits per heavy atom. The van der Waals surface area contributed by atoms with E-state index in [1.807, 2.05) is 6.92 Å². The molecule has 0 saturated carbocycles. The molecule has 1 saturated heterocycles. The van der Waals surface area contributed by atoms with Crippen molar-refractivity contribution in [2.24, 2.45) is 5.73 Å². The van der Waals surface area contributed by atoms with Crippen molar-refractivity contribution in [3.63, 3.8) is 0 Å². The highest BCUT2D eigenvalue weighted by Crippen LogP contribution is 2.39. The van der Waals surface area contributed by atoms with E-state index in [9.17, 15) is 18.0 Å². The van der Waals surface area contributed by atoms with Crippen LogP contribution in [0.5, 0.6) is 11.5 Å². The number of primary amides is 1. The molecule has 3 aromatic rings. The van der Waals surface area contributed by atoms with Crippen LogP contribution < -0.4 is 10.5 Å². The lowest BCUT2D eigenvalue weighted by atomic mass is 10.0. The second-order valence-corrected chi connectivity index (χ2v) is 8.07. The third-order valence-corrected chi connectivity index (χ3v) is 5.86. The Kier molecular flexibility index (Phi) is 6.37. The van der Waals surface area contributed by atoms with E-state index in [2.05, 4.69) is 9.88 Å². The summed E-state index contributed by atoms with van der Waals surface area (Å²) < 4.78 is 46.1. The first kappa shape index (κ1) is 22.8. The Morgan fingerprint density at radius 1 is 1.06 bits per heavy atom. The molecule has 0 bridgehead atoms. The van der Waals surface area contributed by atoms with Gasteiger partial charge in [0.05, 0.1) is 11.3 Å². The van der Waals surface area contributed by atoms with Crippen LogP contribution in [0.4, 0.5) is 13.2 Å². The fourth-order valence-electron chi connectivity index (χ4n) is 4.02. The fraction of sp³-hybridized carbons (Fsp3) is 0.280. The lowest BCUT2D eigenvalue weighted by Gasteiger charge is -2.26. The average Bonchev–Trinajstić information content (AvgIpc) is 3.34. The molecule has 1 unspecified atom stereocenters. The molecule has 4 rings (SSSR count). The van der Waals surface area contributed by atoms with Crippen LogP contribution in [0.25, 0.3) is 11.3 Å². The summed E-state index contributed by atoms with van der Waals surface area (Å²) in [7, 11) is 0. The van der Waals surface area contributed by atoms with Crippen LogP contribution in [0.3, 0.4) is 0 Å². The van der Waals surface area contributed by atoms with Gasteiger partial charge in [0.2, 0.25) is 0 Å². The molecule has 1 aromatic heterocycles. The summed E-state index contributed by atoms with van der Waals surface area (Å²) in [5.74, 6) is 0.266. The third-order valence-electron chi connectivity index (χ3n) is 5.86. The minimum absolute atomic E-state index is 0.165. The van der Waals surface area contributed by atoms with E-state index in [-0.39, 0.29) is 11.7 Å². The summed E-state index contributed by atoms with van der Waals surface area (Å²) in [4.78, 5) is 17.8. The van der Waals surface area contributed by atoms with Crippen molar-refractivity contribution in [1.82, 2.24) is 9.88 Å². The molecule has 0 aliphatic carbocycles. The summed E-state index contributed by atoms with van der Waals surface area (Å²) in [6.45, 7) is 3.61.